The largest absolute Gasteiger partial charge is 0.508 e. The lowest BCUT2D eigenvalue weighted by molar-refractivity contribution is -0.132. The van der Waals surface area contributed by atoms with Crippen molar-refractivity contribution in [3.8, 4) is 34.0 Å². The number of aromatic hydroxyl groups is 1. The number of phenolic OH excluding ortho intramolecular Hbond substituents is 1. The Morgan fingerprint density at radius 1 is 1.16 bits per heavy atom. The average Bonchev–Trinajstić information content (AvgIpc) is 2.74. The zero-order chi connectivity index (χ0) is 22.6. The van der Waals surface area contributed by atoms with Gasteiger partial charge in [-0.05, 0) is 86.3 Å². The number of rotatable bonds is 8. The normalized spacial score (nSPS) is 12.9. The summed E-state index contributed by atoms with van der Waals surface area (Å²) in [5.41, 5.74) is 7.30. The van der Waals surface area contributed by atoms with Crippen molar-refractivity contribution in [2.24, 2.45) is 5.73 Å². The number of aromatic nitrogens is 2. The Kier molecular flexibility index (Phi) is 6.44. The van der Waals surface area contributed by atoms with Crippen LogP contribution in [0.4, 0.5) is 0 Å². The van der Waals surface area contributed by atoms with Crippen LogP contribution in [0.1, 0.15) is 38.7 Å². The molecule has 162 valence electrons. The van der Waals surface area contributed by atoms with E-state index in [9.17, 15) is 14.7 Å². The van der Waals surface area contributed by atoms with Gasteiger partial charge in [0.05, 0.1) is 11.4 Å². The van der Waals surface area contributed by atoms with Gasteiger partial charge in [-0.2, -0.15) is 4.98 Å². The molecule has 0 bridgehead atoms. The van der Waals surface area contributed by atoms with E-state index in [1.165, 1.54) is 0 Å². The minimum absolute atomic E-state index is 0.186. The molecule has 0 aliphatic rings. The summed E-state index contributed by atoms with van der Waals surface area (Å²) < 4.78 is 5.91. The van der Waals surface area contributed by atoms with Gasteiger partial charge in [-0.1, -0.05) is 13.3 Å². The molecular weight excluding hydrogens is 394 g/mol. The van der Waals surface area contributed by atoms with Crippen LogP contribution in [0.5, 0.6) is 11.5 Å². The molecule has 1 atom stereocenters. The van der Waals surface area contributed by atoms with Gasteiger partial charge in [-0.15, -0.1) is 0 Å². The molecule has 0 saturated heterocycles. The second-order valence-electron chi connectivity index (χ2n) is 7.81. The van der Waals surface area contributed by atoms with Gasteiger partial charge in [-0.3, -0.25) is 4.79 Å². The van der Waals surface area contributed by atoms with Crippen LogP contribution in [0.25, 0.3) is 22.5 Å². The average molecular weight is 421 g/mol. The van der Waals surface area contributed by atoms with Gasteiger partial charge >= 0.3 is 5.69 Å². The van der Waals surface area contributed by atoms with Crippen molar-refractivity contribution in [1.82, 2.24) is 9.97 Å². The number of amides is 1. The van der Waals surface area contributed by atoms with Crippen LogP contribution >= 0.6 is 0 Å². The van der Waals surface area contributed by atoms with E-state index in [1.807, 2.05) is 6.92 Å². The standard InChI is InChI=1S/C24H27N3O4/c1-4-5-12-24(3,22(25)29)31-18-9-6-16(7-10-18)19-14-20(27-23(30)26-19)17-8-11-21(28)15(2)13-17/h6-11,13-14,28H,4-5,12H2,1-3H3,(H2,25,29)(H,26,27,30). The number of carbonyl (C=O) groups excluding carboxylic acids is 1. The number of primary amides is 1. The molecule has 1 unspecified atom stereocenters. The number of aryl methyl sites for hydroxylation is 1. The summed E-state index contributed by atoms with van der Waals surface area (Å²) in [5.74, 6) is 0.204. The minimum atomic E-state index is -1.08. The topological polar surface area (TPSA) is 118 Å². The lowest BCUT2D eigenvalue weighted by atomic mass is 9.98. The highest BCUT2D eigenvalue weighted by Crippen LogP contribution is 2.28. The van der Waals surface area contributed by atoms with Gasteiger partial charge < -0.3 is 20.6 Å². The van der Waals surface area contributed by atoms with Gasteiger partial charge in [0.25, 0.3) is 5.91 Å². The number of nitrogens with zero attached hydrogens (tertiary/aromatic N) is 1. The third-order valence-corrected chi connectivity index (χ3v) is 5.27. The fourth-order valence-electron chi connectivity index (χ4n) is 3.28. The van der Waals surface area contributed by atoms with E-state index in [0.717, 1.165) is 24.0 Å². The van der Waals surface area contributed by atoms with Crippen molar-refractivity contribution in [2.45, 2.75) is 45.6 Å². The number of H-pyrrole nitrogens is 1. The molecule has 0 fully saturated rings. The van der Waals surface area contributed by atoms with E-state index in [1.54, 1.807) is 62.4 Å². The van der Waals surface area contributed by atoms with Crippen LogP contribution in [-0.2, 0) is 4.79 Å². The molecular formula is C24H27N3O4. The number of phenols is 1. The van der Waals surface area contributed by atoms with E-state index in [2.05, 4.69) is 9.97 Å². The summed E-state index contributed by atoms with van der Waals surface area (Å²) in [6.45, 7) is 5.52. The molecule has 0 saturated carbocycles. The lowest BCUT2D eigenvalue weighted by Crippen LogP contribution is -2.46. The van der Waals surface area contributed by atoms with Crippen LogP contribution in [0.15, 0.2) is 53.3 Å². The second-order valence-corrected chi connectivity index (χ2v) is 7.81. The summed E-state index contributed by atoms with van der Waals surface area (Å²) in [6.07, 6.45) is 2.30. The molecule has 4 N–H and O–H groups in total. The van der Waals surface area contributed by atoms with Crippen molar-refractivity contribution in [1.29, 1.82) is 0 Å². The first-order chi connectivity index (χ1) is 14.7. The van der Waals surface area contributed by atoms with Crippen molar-refractivity contribution in [2.75, 3.05) is 0 Å². The van der Waals surface area contributed by atoms with Gasteiger partial charge in [0.15, 0.2) is 5.60 Å². The number of hydrogen-bond donors (Lipinski definition) is 3. The lowest BCUT2D eigenvalue weighted by Gasteiger charge is -2.27. The molecule has 0 radical (unpaired) electrons. The highest BCUT2D eigenvalue weighted by atomic mass is 16.5. The number of ether oxygens (including phenoxy) is 1. The smallest absolute Gasteiger partial charge is 0.345 e. The summed E-state index contributed by atoms with van der Waals surface area (Å²) in [7, 11) is 0. The van der Waals surface area contributed by atoms with Crippen molar-refractivity contribution in [3.05, 3.63) is 64.6 Å². The third-order valence-electron chi connectivity index (χ3n) is 5.27. The number of nitrogens with two attached hydrogens (primary N) is 1. The molecule has 1 amide bonds. The molecule has 1 aromatic heterocycles. The van der Waals surface area contributed by atoms with E-state index in [-0.39, 0.29) is 5.75 Å². The fourth-order valence-corrected chi connectivity index (χ4v) is 3.28. The third kappa shape index (κ3) is 5.12. The highest BCUT2D eigenvalue weighted by Gasteiger charge is 2.32. The van der Waals surface area contributed by atoms with Gasteiger partial charge in [0.1, 0.15) is 11.5 Å². The molecule has 3 rings (SSSR count). The van der Waals surface area contributed by atoms with Crippen molar-refractivity contribution < 1.29 is 14.6 Å². The monoisotopic (exact) mass is 421 g/mol. The molecule has 7 nitrogen and oxygen atoms in total. The number of unbranched alkanes of at least 4 members (excludes halogenated alkanes) is 1. The highest BCUT2D eigenvalue weighted by molar-refractivity contribution is 5.83. The van der Waals surface area contributed by atoms with Crippen LogP contribution < -0.4 is 16.2 Å². The van der Waals surface area contributed by atoms with Gasteiger partial charge in [0.2, 0.25) is 0 Å². The van der Waals surface area contributed by atoms with Crippen molar-refractivity contribution >= 4 is 5.91 Å². The molecule has 3 aromatic rings. The zero-order valence-electron chi connectivity index (χ0n) is 17.9. The summed E-state index contributed by atoms with van der Waals surface area (Å²) in [4.78, 5) is 30.8. The van der Waals surface area contributed by atoms with E-state index in [4.69, 9.17) is 10.5 Å². The van der Waals surface area contributed by atoms with E-state index in [0.29, 0.717) is 29.1 Å². The predicted molar refractivity (Wildman–Crippen MR) is 120 cm³/mol. The van der Waals surface area contributed by atoms with Gasteiger partial charge in [-0.25, -0.2) is 4.79 Å². The SMILES string of the molecule is CCCCC(C)(Oc1ccc(-c2cc(-c3ccc(O)c(C)c3)nc(=O)[nH]2)cc1)C(N)=O. The second kappa shape index (κ2) is 9.04. The first-order valence-corrected chi connectivity index (χ1v) is 10.2. The Bertz CT molecular complexity index is 1140. The molecule has 7 heteroatoms. The molecule has 0 aliphatic carbocycles. The Labute approximate surface area is 180 Å². The Balaban J connectivity index is 1.89. The Morgan fingerprint density at radius 2 is 1.84 bits per heavy atom. The maximum absolute atomic E-state index is 12.1. The minimum Gasteiger partial charge on any atom is -0.508 e. The quantitative estimate of drug-likeness (QED) is 0.509. The van der Waals surface area contributed by atoms with E-state index < -0.39 is 17.2 Å². The first kappa shape index (κ1) is 22.1. The van der Waals surface area contributed by atoms with Crippen LogP contribution in [-0.4, -0.2) is 26.6 Å². The predicted octanol–water partition coefficient (Wildman–Crippen LogP) is 3.93. The summed E-state index contributed by atoms with van der Waals surface area (Å²) >= 11 is 0. The maximum atomic E-state index is 12.1. The number of carbonyl (C=O) groups is 1. The summed E-state index contributed by atoms with van der Waals surface area (Å²) in [6, 6.07) is 13.9. The van der Waals surface area contributed by atoms with Crippen LogP contribution in [0, 0.1) is 6.92 Å². The molecule has 2 aromatic carbocycles. The number of nitrogens with one attached hydrogen (secondary N) is 1. The van der Waals surface area contributed by atoms with Crippen LogP contribution in [0.3, 0.4) is 0 Å². The van der Waals surface area contributed by atoms with Gasteiger partial charge in [0, 0.05) is 5.56 Å². The van der Waals surface area contributed by atoms with Crippen LogP contribution in [0.2, 0.25) is 0 Å². The molecule has 0 spiro atoms. The molecule has 0 aliphatic heterocycles. The summed E-state index contributed by atoms with van der Waals surface area (Å²) in [5, 5.41) is 9.74. The fraction of sp³-hybridized carbons (Fsp3) is 0.292. The van der Waals surface area contributed by atoms with E-state index >= 15 is 0 Å². The first-order valence-electron chi connectivity index (χ1n) is 10.2. The Hall–Kier alpha value is -3.61. The number of hydrogen-bond acceptors (Lipinski definition) is 5. The zero-order valence-corrected chi connectivity index (χ0v) is 17.9. The number of aromatic amines is 1. The Morgan fingerprint density at radius 3 is 2.45 bits per heavy atom. The van der Waals surface area contributed by atoms with Crippen molar-refractivity contribution in [3.63, 3.8) is 0 Å². The molecule has 31 heavy (non-hydrogen) atoms. The number of benzene rings is 2. The maximum Gasteiger partial charge on any atom is 0.345 e. The molecule has 1 heterocycles.